The van der Waals surface area contributed by atoms with Crippen molar-refractivity contribution in [2.24, 2.45) is 0 Å². The van der Waals surface area contributed by atoms with Gasteiger partial charge in [-0.2, -0.15) is 0 Å². The highest BCUT2D eigenvalue weighted by molar-refractivity contribution is 6.36. The Bertz CT molecular complexity index is 1320. The maximum Gasteiger partial charge on any atom is 0.325 e. The number of Topliss-reactive ketones (excluding diaryl/α,β-unsaturated/α-hetero) is 1. The highest BCUT2D eigenvalue weighted by Gasteiger charge is 2.19. The first kappa shape index (κ1) is 26.9. The van der Waals surface area contributed by atoms with Crippen LogP contribution >= 0.6 is 23.2 Å². The number of hydrogen-bond donors (Lipinski definition) is 2. The predicted molar refractivity (Wildman–Crippen MR) is 132 cm³/mol. The highest BCUT2D eigenvalue weighted by Crippen LogP contribution is 2.22. The van der Waals surface area contributed by atoms with E-state index in [2.05, 4.69) is 10.6 Å². The number of ether oxygens (including phenoxy) is 1. The van der Waals surface area contributed by atoms with Gasteiger partial charge in [-0.25, -0.2) is 4.39 Å². The molecule has 0 saturated heterocycles. The molecule has 0 atom stereocenters. The fourth-order valence-electron chi connectivity index (χ4n) is 3.47. The standard InChI is InChI=1S/C25H22Cl2FN3O5/c1-14-9-20(15(2)31(14)18-6-4-17(28)5-7-18)22(32)13-36-24(34)12-29-23(33)11-30-25(35)19-8-3-16(26)10-21(19)27/h3-10H,11-13H2,1-2H3,(H,29,33)(H,30,35). The van der Waals surface area contributed by atoms with Gasteiger partial charge < -0.3 is 19.9 Å². The Balaban J connectivity index is 1.46. The lowest BCUT2D eigenvalue weighted by molar-refractivity contribution is -0.142. The fourth-order valence-corrected chi connectivity index (χ4v) is 3.96. The molecule has 1 aromatic heterocycles. The van der Waals surface area contributed by atoms with Crippen LogP contribution in [0.1, 0.15) is 32.1 Å². The first-order valence-corrected chi connectivity index (χ1v) is 11.5. The van der Waals surface area contributed by atoms with E-state index in [-0.39, 0.29) is 16.4 Å². The number of carbonyl (C=O) groups is 4. The van der Waals surface area contributed by atoms with E-state index in [1.54, 1.807) is 36.6 Å². The van der Waals surface area contributed by atoms with Gasteiger partial charge in [-0.15, -0.1) is 0 Å². The highest BCUT2D eigenvalue weighted by atomic mass is 35.5. The molecule has 1 heterocycles. The number of nitrogens with zero attached hydrogens (tertiary/aromatic N) is 1. The van der Waals surface area contributed by atoms with Gasteiger partial charge in [-0.3, -0.25) is 19.2 Å². The molecule has 0 unspecified atom stereocenters. The molecule has 0 fully saturated rings. The third-order valence-corrected chi connectivity index (χ3v) is 5.74. The average Bonchev–Trinajstić information content (AvgIpc) is 3.14. The van der Waals surface area contributed by atoms with Gasteiger partial charge in [0, 0.05) is 27.7 Å². The van der Waals surface area contributed by atoms with Crippen molar-refractivity contribution >= 4 is 46.8 Å². The van der Waals surface area contributed by atoms with Crippen LogP contribution in [0.5, 0.6) is 0 Å². The van der Waals surface area contributed by atoms with E-state index in [1.165, 1.54) is 30.3 Å². The number of benzene rings is 2. The average molecular weight is 534 g/mol. The smallest absolute Gasteiger partial charge is 0.325 e. The molecule has 0 aliphatic rings. The number of halogens is 3. The third-order valence-electron chi connectivity index (χ3n) is 5.20. The van der Waals surface area contributed by atoms with Gasteiger partial charge in [-0.1, -0.05) is 23.2 Å². The van der Waals surface area contributed by atoms with E-state index >= 15 is 0 Å². The van der Waals surface area contributed by atoms with Crippen LogP contribution in [0, 0.1) is 19.7 Å². The monoisotopic (exact) mass is 533 g/mol. The van der Waals surface area contributed by atoms with Crippen molar-refractivity contribution in [2.75, 3.05) is 19.7 Å². The molecule has 0 aliphatic carbocycles. The van der Waals surface area contributed by atoms with Crippen LogP contribution in [0.15, 0.2) is 48.5 Å². The maximum atomic E-state index is 13.2. The number of amides is 2. The lowest BCUT2D eigenvalue weighted by Crippen LogP contribution is -2.39. The molecule has 0 saturated carbocycles. The normalized spacial score (nSPS) is 10.6. The number of aromatic nitrogens is 1. The number of nitrogens with one attached hydrogen (secondary N) is 2. The summed E-state index contributed by atoms with van der Waals surface area (Å²) >= 11 is 11.7. The molecular weight excluding hydrogens is 512 g/mol. The number of carbonyl (C=O) groups excluding carboxylic acids is 4. The number of hydrogen-bond acceptors (Lipinski definition) is 5. The first-order valence-electron chi connectivity index (χ1n) is 10.7. The van der Waals surface area contributed by atoms with E-state index in [4.69, 9.17) is 27.9 Å². The van der Waals surface area contributed by atoms with Crippen LogP contribution in [0.25, 0.3) is 5.69 Å². The summed E-state index contributed by atoms with van der Waals surface area (Å²) in [6.45, 7) is 2.12. The van der Waals surface area contributed by atoms with Gasteiger partial charge in [0.05, 0.1) is 17.1 Å². The van der Waals surface area contributed by atoms with Crippen molar-refractivity contribution in [3.8, 4) is 5.69 Å². The minimum Gasteiger partial charge on any atom is -0.456 e. The number of esters is 1. The zero-order valence-corrected chi connectivity index (χ0v) is 20.9. The van der Waals surface area contributed by atoms with Crippen LogP contribution in [0.3, 0.4) is 0 Å². The molecule has 0 bridgehead atoms. The second-order valence-corrected chi connectivity index (χ2v) is 8.61. The maximum absolute atomic E-state index is 13.2. The summed E-state index contributed by atoms with van der Waals surface area (Å²) < 4.78 is 20.0. The Labute approximate surface area is 216 Å². The van der Waals surface area contributed by atoms with Crippen LogP contribution in [-0.4, -0.2) is 47.8 Å². The summed E-state index contributed by atoms with van der Waals surface area (Å²) in [5.74, 6) is -2.85. The number of rotatable bonds is 9. The van der Waals surface area contributed by atoms with Crippen molar-refractivity contribution in [3.63, 3.8) is 0 Å². The molecule has 36 heavy (non-hydrogen) atoms. The Kier molecular flexibility index (Phi) is 8.84. The van der Waals surface area contributed by atoms with Crippen molar-refractivity contribution in [1.29, 1.82) is 0 Å². The Morgan fingerprint density at radius 3 is 2.28 bits per heavy atom. The number of aryl methyl sites for hydroxylation is 1. The summed E-state index contributed by atoms with van der Waals surface area (Å²) in [5.41, 5.74) is 2.56. The van der Waals surface area contributed by atoms with Gasteiger partial charge in [-0.05, 0) is 62.4 Å². The largest absolute Gasteiger partial charge is 0.456 e. The Hall–Kier alpha value is -3.69. The zero-order valence-electron chi connectivity index (χ0n) is 19.4. The summed E-state index contributed by atoms with van der Waals surface area (Å²) in [6, 6.07) is 11.8. The van der Waals surface area contributed by atoms with E-state index in [9.17, 15) is 23.6 Å². The van der Waals surface area contributed by atoms with Crippen molar-refractivity contribution in [1.82, 2.24) is 15.2 Å². The van der Waals surface area contributed by atoms with Crippen LogP contribution in [-0.2, 0) is 14.3 Å². The topological polar surface area (TPSA) is 106 Å². The fraction of sp³-hybridized carbons (Fsp3) is 0.200. The quantitative estimate of drug-likeness (QED) is 0.321. The minimum atomic E-state index is -0.823. The van der Waals surface area contributed by atoms with Crippen LogP contribution < -0.4 is 10.6 Å². The SMILES string of the molecule is Cc1cc(C(=O)COC(=O)CNC(=O)CNC(=O)c2ccc(Cl)cc2Cl)c(C)n1-c1ccc(F)cc1. The Morgan fingerprint density at radius 1 is 0.917 bits per heavy atom. The zero-order chi connectivity index (χ0) is 26.4. The second kappa shape index (κ2) is 11.8. The van der Waals surface area contributed by atoms with Crippen LogP contribution in [0.4, 0.5) is 4.39 Å². The molecule has 188 valence electrons. The van der Waals surface area contributed by atoms with E-state index in [0.717, 1.165) is 5.69 Å². The lowest BCUT2D eigenvalue weighted by Gasteiger charge is -2.10. The molecule has 3 rings (SSSR count). The second-order valence-electron chi connectivity index (χ2n) is 7.76. The molecule has 0 spiro atoms. The summed E-state index contributed by atoms with van der Waals surface area (Å²) in [4.78, 5) is 48.7. The molecule has 3 aromatic rings. The van der Waals surface area contributed by atoms with Gasteiger partial charge in [0.15, 0.2) is 6.61 Å². The van der Waals surface area contributed by atoms with Crippen molar-refractivity contribution < 1.29 is 28.3 Å². The van der Waals surface area contributed by atoms with E-state index < -0.39 is 43.3 Å². The predicted octanol–water partition coefficient (Wildman–Crippen LogP) is 3.81. The van der Waals surface area contributed by atoms with Crippen molar-refractivity contribution in [3.05, 3.63) is 86.9 Å². The summed E-state index contributed by atoms with van der Waals surface area (Å²) in [6.07, 6.45) is 0. The van der Waals surface area contributed by atoms with E-state index in [1.807, 2.05) is 0 Å². The van der Waals surface area contributed by atoms with Gasteiger partial charge in [0.1, 0.15) is 12.4 Å². The number of ketones is 1. The summed E-state index contributed by atoms with van der Waals surface area (Å²) in [7, 11) is 0. The van der Waals surface area contributed by atoms with Gasteiger partial charge in [0.25, 0.3) is 5.91 Å². The lowest BCUT2D eigenvalue weighted by atomic mass is 10.1. The molecule has 2 N–H and O–H groups in total. The first-order chi connectivity index (χ1) is 17.1. The Morgan fingerprint density at radius 2 is 1.61 bits per heavy atom. The third kappa shape index (κ3) is 6.71. The van der Waals surface area contributed by atoms with Gasteiger partial charge in [0.2, 0.25) is 11.7 Å². The molecule has 0 radical (unpaired) electrons. The van der Waals surface area contributed by atoms with Crippen LogP contribution in [0.2, 0.25) is 10.0 Å². The molecule has 11 heteroatoms. The molecular formula is C25H22Cl2FN3O5. The molecule has 8 nitrogen and oxygen atoms in total. The van der Waals surface area contributed by atoms with E-state index in [0.29, 0.717) is 22.0 Å². The summed E-state index contributed by atoms with van der Waals surface area (Å²) in [5, 5.41) is 5.17. The molecule has 2 amide bonds. The van der Waals surface area contributed by atoms with Crippen molar-refractivity contribution in [2.45, 2.75) is 13.8 Å². The molecule has 2 aromatic carbocycles. The van der Waals surface area contributed by atoms with Gasteiger partial charge >= 0.3 is 5.97 Å². The molecule has 0 aliphatic heterocycles. The minimum absolute atomic E-state index is 0.132.